The van der Waals surface area contributed by atoms with Gasteiger partial charge >= 0.3 is 5.97 Å². The second kappa shape index (κ2) is 5.15. The normalized spacial score (nSPS) is 14.4. The Bertz CT molecular complexity index is 551. The molecule has 0 spiro atoms. The van der Waals surface area contributed by atoms with Crippen LogP contribution >= 0.6 is 0 Å². The summed E-state index contributed by atoms with van der Waals surface area (Å²) < 4.78 is 5.47. The number of fused-ring (bicyclic) bond motifs is 1. The highest BCUT2D eigenvalue weighted by molar-refractivity contribution is 6.01. The van der Waals surface area contributed by atoms with Crippen LogP contribution in [0.25, 0.3) is 0 Å². The van der Waals surface area contributed by atoms with Gasteiger partial charge in [-0.1, -0.05) is 26.8 Å². The summed E-state index contributed by atoms with van der Waals surface area (Å²) in [6.45, 7) is 6.51. The molecule has 0 aromatic heterocycles. The van der Waals surface area contributed by atoms with E-state index in [0.717, 1.165) is 6.42 Å². The van der Waals surface area contributed by atoms with Crippen LogP contribution in [0.3, 0.4) is 0 Å². The fourth-order valence-electron chi connectivity index (χ4n) is 2.14. The summed E-state index contributed by atoms with van der Waals surface area (Å²) in [6, 6.07) is 4.85. The van der Waals surface area contributed by atoms with Gasteiger partial charge in [0.15, 0.2) is 5.75 Å². The third-order valence-corrected chi connectivity index (χ3v) is 3.78. The van der Waals surface area contributed by atoms with Gasteiger partial charge in [-0.05, 0) is 18.6 Å². The standard InChI is InChI=1S/C15H19NO4/c1-4-15(2,3)14(19)16-8-9-20-12-10(13(17)18)6-5-7-11(12)16/h5-7H,4,8-9H2,1-3H3,(H,17,18). The van der Waals surface area contributed by atoms with E-state index in [0.29, 0.717) is 18.8 Å². The molecule has 0 fully saturated rings. The lowest BCUT2D eigenvalue weighted by atomic mass is 9.88. The molecule has 0 saturated carbocycles. The Kier molecular flexibility index (Phi) is 3.70. The van der Waals surface area contributed by atoms with Crippen molar-refractivity contribution in [2.24, 2.45) is 5.41 Å². The summed E-state index contributed by atoms with van der Waals surface area (Å²) >= 11 is 0. The monoisotopic (exact) mass is 277 g/mol. The number of amides is 1. The van der Waals surface area contributed by atoms with Crippen LogP contribution in [-0.2, 0) is 4.79 Å². The van der Waals surface area contributed by atoms with Crippen LogP contribution in [0, 0.1) is 5.41 Å². The van der Waals surface area contributed by atoms with E-state index >= 15 is 0 Å². The van der Waals surface area contributed by atoms with Crippen molar-refractivity contribution < 1.29 is 19.4 Å². The van der Waals surface area contributed by atoms with Gasteiger partial charge in [-0.25, -0.2) is 4.79 Å². The fraction of sp³-hybridized carbons (Fsp3) is 0.467. The van der Waals surface area contributed by atoms with Gasteiger partial charge in [0, 0.05) is 5.41 Å². The Morgan fingerprint density at radius 1 is 1.40 bits per heavy atom. The minimum atomic E-state index is -1.05. The molecule has 0 atom stereocenters. The van der Waals surface area contributed by atoms with Crippen LogP contribution in [0.4, 0.5) is 5.69 Å². The van der Waals surface area contributed by atoms with Gasteiger partial charge in [-0.3, -0.25) is 4.79 Å². The number of para-hydroxylation sites is 1. The van der Waals surface area contributed by atoms with Crippen LogP contribution in [0.15, 0.2) is 18.2 Å². The van der Waals surface area contributed by atoms with E-state index in [2.05, 4.69) is 0 Å². The molecule has 0 unspecified atom stereocenters. The average Bonchev–Trinajstić information content (AvgIpc) is 2.45. The summed E-state index contributed by atoms with van der Waals surface area (Å²) in [5.74, 6) is -0.774. The van der Waals surface area contributed by atoms with Gasteiger partial charge in [0.1, 0.15) is 12.2 Å². The Labute approximate surface area is 118 Å². The molecule has 5 nitrogen and oxygen atoms in total. The van der Waals surface area contributed by atoms with Gasteiger partial charge < -0.3 is 14.7 Å². The first-order chi connectivity index (χ1) is 9.38. The van der Waals surface area contributed by atoms with Gasteiger partial charge in [0.05, 0.1) is 12.2 Å². The molecule has 0 bridgehead atoms. The third-order valence-electron chi connectivity index (χ3n) is 3.78. The van der Waals surface area contributed by atoms with Crippen molar-refractivity contribution in [2.45, 2.75) is 27.2 Å². The van der Waals surface area contributed by atoms with Crippen molar-refractivity contribution in [3.63, 3.8) is 0 Å². The molecule has 20 heavy (non-hydrogen) atoms. The summed E-state index contributed by atoms with van der Waals surface area (Å²) in [5.41, 5.74) is 0.158. The van der Waals surface area contributed by atoms with Crippen molar-refractivity contribution >= 4 is 17.6 Å². The molecule has 1 heterocycles. The number of anilines is 1. The lowest BCUT2D eigenvalue weighted by Gasteiger charge is -2.35. The fourth-order valence-corrected chi connectivity index (χ4v) is 2.14. The molecule has 5 heteroatoms. The minimum Gasteiger partial charge on any atom is -0.489 e. The van der Waals surface area contributed by atoms with Crippen LogP contribution in [-0.4, -0.2) is 30.1 Å². The summed E-state index contributed by atoms with van der Waals surface area (Å²) in [5, 5.41) is 9.19. The number of aromatic carboxylic acids is 1. The smallest absolute Gasteiger partial charge is 0.339 e. The van der Waals surface area contributed by atoms with Crippen LogP contribution in [0.5, 0.6) is 5.75 Å². The van der Waals surface area contributed by atoms with Crippen molar-refractivity contribution in [2.75, 3.05) is 18.1 Å². The van der Waals surface area contributed by atoms with E-state index in [4.69, 9.17) is 4.74 Å². The number of rotatable bonds is 3. The Morgan fingerprint density at radius 3 is 2.70 bits per heavy atom. The number of ether oxygens (including phenoxy) is 1. The van der Waals surface area contributed by atoms with Gasteiger partial charge in [-0.15, -0.1) is 0 Å². The Morgan fingerprint density at radius 2 is 2.10 bits per heavy atom. The molecular formula is C15H19NO4. The molecule has 1 amide bonds. The largest absolute Gasteiger partial charge is 0.489 e. The number of carboxylic acid groups (broad SMARTS) is 1. The van der Waals surface area contributed by atoms with E-state index in [1.165, 1.54) is 6.07 Å². The number of nitrogens with zero attached hydrogens (tertiary/aromatic N) is 1. The van der Waals surface area contributed by atoms with Crippen molar-refractivity contribution in [3.8, 4) is 5.75 Å². The molecule has 0 aliphatic carbocycles. The number of carbonyl (C=O) groups excluding carboxylic acids is 1. The number of carboxylic acids is 1. The zero-order valence-corrected chi connectivity index (χ0v) is 12.0. The number of carbonyl (C=O) groups is 2. The first kappa shape index (κ1) is 14.4. The van der Waals surface area contributed by atoms with E-state index in [9.17, 15) is 14.7 Å². The molecule has 1 aromatic carbocycles. The average molecular weight is 277 g/mol. The van der Waals surface area contributed by atoms with Gasteiger partial charge in [-0.2, -0.15) is 0 Å². The molecule has 108 valence electrons. The topological polar surface area (TPSA) is 66.8 Å². The zero-order chi connectivity index (χ0) is 14.9. The van der Waals surface area contributed by atoms with Crippen LogP contribution in [0.2, 0.25) is 0 Å². The quantitative estimate of drug-likeness (QED) is 0.922. The first-order valence-electron chi connectivity index (χ1n) is 6.69. The maximum Gasteiger partial charge on any atom is 0.339 e. The lowest BCUT2D eigenvalue weighted by Crippen LogP contribution is -2.45. The van der Waals surface area contributed by atoms with Gasteiger partial charge in [0.2, 0.25) is 5.91 Å². The van der Waals surface area contributed by atoms with Crippen molar-refractivity contribution in [1.29, 1.82) is 0 Å². The van der Waals surface area contributed by atoms with E-state index in [1.807, 2.05) is 20.8 Å². The number of benzene rings is 1. The third kappa shape index (κ3) is 2.35. The van der Waals surface area contributed by atoms with E-state index in [-0.39, 0.29) is 17.2 Å². The van der Waals surface area contributed by atoms with Crippen molar-refractivity contribution in [3.05, 3.63) is 23.8 Å². The second-order valence-electron chi connectivity index (χ2n) is 5.50. The van der Waals surface area contributed by atoms with Gasteiger partial charge in [0.25, 0.3) is 0 Å². The molecule has 0 radical (unpaired) electrons. The van der Waals surface area contributed by atoms with Crippen molar-refractivity contribution in [1.82, 2.24) is 0 Å². The second-order valence-corrected chi connectivity index (χ2v) is 5.50. The van der Waals surface area contributed by atoms with Crippen LogP contribution < -0.4 is 9.64 Å². The molecular weight excluding hydrogens is 258 g/mol. The first-order valence-corrected chi connectivity index (χ1v) is 6.69. The summed E-state index contributed by atoms with van der Waals surface area (Å²) in [4.78, 5) is 25.5. The van der Waals surface area contributed by atoms with E-state index < -0.39 is 11.4 Å². The van der Waals surface area contributed by atoms with E-state index in [1.54, 1.807) is 17.0 Å². The molecule has 1 aliphatic rings. The number of hydrogen-bond acceptors (Lipinski definition) is 3. The lowest BCUT2D eigenvalue weighted by molar-refractivity contribution is -0.127. The molecule has 1 N–H and O–H groups in total. The predicted octanol–water partition coefficient (Wildman–Crippen LogP) is 2.55. The highest BCUT2D eigenvalue weighted by Gasteiger charge is 2.35. The summed E-state index contributed by atoms with van der Waals surface area (Å²) in [7, 11) is 0. The molecule has 1 aromatic rings. The maximum atomic E-state index is 12.6. The SMILES string of the molecule is CCC(C)(C)C(=O)N1CCOc2c(C(=O)O)cccc21. The highest BCUT2D eigenvalue weighted by Crippen LogP contribution is 2.37. The Hall–Kier alpha value is -2.04. The highest BCUT2D eigenvalue weighted by atomic mass is 16.5. The minimum absolute atomic E-state index is 0.00733. The molecule has 0 saturated heterocycles. The maximum absolute atomic E-state index is 12.6. The summed E-state index contributed by atoms with van der Waals surface area (Å²) in [6.07, 6.45) is 0.719. The predicted molar refractivity (Wildman–Crippen MR) is 75.3 cm³/mol. The molecule has 2 rings (SSSR count). The number of hydrogen-bond donors (Lipinski definition) is 1. The zero-order valence-electron chi connectivity index (χ0n) is 12.0. The molecule has 1 aliphatic heterocycles. The Balaban J connectivity index is 2.46. The van der Waals surface area contributed by atoms with Crippen LogP contribution in [0.1, 0.15) is 37.6 Å².